The molecule has 3 rings (SSSR count). The van der Waals surface area contributed by atoms with E-state index in [2.05, 4.69) is 42.2 Å². The molecule has 0 aliphatic carbocycles. The minimum Gasteiger partial charge on any atom is -0.268 e. The Labute approximate surface area is 133 Å². The first-order valence-electron chi connectivity index (χ1n) is 6.57. The Morgan fingerprint density at radius 3 is 2.43 bits per heavy atom. The van der Waals surface area contributed by atoms with Crippen LogP contribution < -0.4 is 0 Å². The molecule has 106 valence electrons. The first-order chi connectivity index (χ1) is 10.1. The monoisotopic (exact) mass is 315 g/mol. The molecular formula is C16H14ClN3S. The Morgan fingerprint density at radius 2 is 1.76 bits per heavy atom. The van der Waals surface area contributed by atoms with Gasteiger partial charge < -0.3 is 0 Å². The van der Waals surface area contributed by atoms with Crippen molar-refractivity contribution in [2.45, 2.75) is 13.8 Å². The molecule has 0 spiro atoms. The summed E-state index contributed by atoms with van der Waals surface area (Å²) in [6.45, 7) is 4.13. The van der Waals surface area contributed by atoms with Crippen molar-refractivity contribution in [3.63, 3.8) is 0 Å². The normalized spacial score (nSPS) is 10.8. The van der Waals surface area contributed by atoms with Crippen LogP contribution in [-0.2, 0) is 0 Å². The van der Waals surface area contributed by atoms with Gasteiger partial charge in [0.05, 0.1) is 10.7 Å². The molecule has 1 N–H and O–H groups in total. The second-order valence-electron chi connectivity index (χ2n) is 5.01. The molecule has 3 aromatic rings. The lowest BCUT2D eigenvalue weighted by Gasteiger charge is -2.10. The number of aryl methyl sites for hydroxylation is 2. The average molecular weight is 316 g/mol. The van der Waals surface area contributed by atoms with Gasteiger partial charge >= 0.3 is 0 Å². The summed E-state index contributed by atoms with van der Waals surface area (Å²) < 4.78 is 2.46. The number of hydrogen-bond donors (Lipinski definition) is 1. The number of aromatic nitrogens is 3. The highest BCUT2D eigenvalue weighted by atomic mass is 35.5. The zero-order valence-electron chi connectivity index (χ0n) is 11.7. The predicted octanol–water partition coefficient (Wildman–Crippen LogP) is 4.87. The molecule has 3 nitrogen and oxygen atoms in total. The molecule has 0 aliphatic heterocycles. The van der Waals surface area contributed by atoms with Gasteiger partial charge in [-0.3, -0.25) is 9.67 Å². The number of H-pyrrole nitrogens is 1. The van der Waals surface area contributed by atoms with E-state index in [-0.39, 0.29) is 0 Å². The van der Waals surface area contributed by atoms with Crippen LogP contribution >= 0.6 is 23.8 Å². The molecule has 0 aliphatic rings. The van der Waals surface area contributed by atoms with Gasteiger partial charge in [0.2, 0.25) is 0 Å². The minimum atomic E-state index is 0.551. The third kappa shape index (κ3) is 2.64. The topological polar surface area (TPSA) is 33.6 Å². The Morgan fingerprint density at radius 1 is 1.10 bits per heavy atom. The molecular weight excluding hydrogens is 302 g/mol. The predicted molar refractivity (Wildman–Crippen MR) is 88.7 cm³/mol. The van der Waals surface area contributed by atoms with E-state index in [1.54, 1.807) is 0 Å². The van der Waals surface area contributed by atoms with Crippen molar-refractivity contribution >= 4 is 23.8 Å². The molecule has 0 bridgehead atoms. The molecule has 0 saturated carbocycles. The maximum atomic E-state index is 6.29. The van der Waals surface area contributed by atoms with Crippen molar-refractivity contribution in [2.75, 3.05) is 0 Å². The molecule has 0 amide bonds. The SMILES string of the molecule is Cc1cc(C)cc(-n2c(-c3ccccc3Cl)n[nH]c2=S)c1. The van der Waals surface area contributed by atoms with E-state index in [9.17, 15) is 0 Å². The summed E-state index contributed by atoms with van der Waals surface area (Å²) in [5, 5.41) is 7.85. The second kappa shape index (κ2) is 5.47. The van der Waals surface area contributed by atoms with Crippen LogP contribution in [0, 0.1) is 18.6 Å². The maximum absolute atomic E-state index is 6.29. The molecule has 1 aromatic heterocycles. The van der Waals surface area contributed by atoms with E-state index in [1.807, 2.05) is 28.8 Å². The Kier molecular flexibility index (Phi) is 3.66. The first kappa shape index (κ1) is 14.0. The maximum Gasteiger partial charge on any atom is 0.200 e. The van der Waals surface area contributed by atoms with Crippen LogP contribution in [0.3, 0.4) is 0 Å². The highest BCUT2D eigenvalue weighted by Crippen LogP contribution is 2.28. The molecule has 0 unspecified atom stereocenters. The number of benzene rings is 2. The van der Waals surface area contributed by atoms with Crippen molar-refractivity contribution in [2.24, 2.45) is 0 Å². The van der Waals surface area contributed by atoms with E-state index in [4.69, 9.17) is 23.8 Å². The van der Waals surface area contributed by atoms with Crippen LogP contribution in [-0.4, -0.2) is 14.8 Å². The lowest BCUT2D eigenvalue weighted by Crippen LogP contribution is -1.99. The Hall–Kier alpha value is -1.91. The van der Waals surface area contributed by atoms with Crippen molar-refractivity contribution < 1.29 is 0 Å². The lowest BCUT2D eigenvalue weighted by molar-refractivity contribution is 1.03. The van der Waals surface area contributed by atoms with Crippen molar-refractivity contribution in [1.82, 2.24) is 14.8 Å². The summed E-state index contributed by atoms with van der Waals surface area (Å²) in [5.41, 5.74) is 4.20. The van der Waals surface area contributed by atoms with E-state index in [0.29, 0.717) is 9.79 Å². The van der Waals surface area contributed by atoms with Gasteiger partial charge in [0, 0.05) is 5.56 Å². The Balaban J connectivity index is 2.27. The summed E-state index contributed by atoms with van der Waals surface area (Å²) in [7, 11) is 0. The van der Waals surface area contributed by atoms with E-state index < -0.39 is 0 Å². The zero-order chi connectivity index (χ0) is 15.0. The third-order valence-electron chi connectivity index (χ3n) is 3.25. The van der Waals surface area contributed by atoms with Gasteiger partial charge in [-0.15, -0.1) is 0 Å². The number of aromatic amines is 1. The van der Waals surface area contributed by atoms with Crippen LogP contribution in [0.1, 0.15) is 11.1 Å². The number of rotatable bonds is 2. The lowest BCUT2D eigenvalue weighted by atomic mass is 10.1. The number of hydrogen-bond acceptors (Lipinski definition) is 2. The molecule has 1 heterocycles. The van der Waals surface area contributed by atoms with Gasteiger partial charge in [0.25, 0.3) is 0 Å². The highest BCUT2D eigenvalue weighted by molar-refractivity contribution is 7.71. The van der Waals surface area contributed by atoms with Crippen LogP contribution in [0.5, 0.6) is 0 Å². The van der Waals surface area contributed by atoms with Gasteiger partial charge in [0.1, 0.15) is 0 Å². The third-order valence-corrected chi connectivity index (χ3v) is 3.86. The minimum absolute atomic E-state index is 0.551. The fraction of sp³-hybridized carbons (Fsp3) is 0.125. The standard InChI is InChI=1S/C16H14ClN3S/c1-10-7-11(2)9-12(8-10)20-15(18-19-16(20)21)13-5-3-4-6-14(13)17/h3-9H,1-2H3,(H,19,21). The van der Waals surface area contributed by atoms with Gasteiger partial charge in [-0.25, -0.2) is 0 Å². The van der Waals surface area contributed by atoms with Crippen LogP contribution in [0.15, 0.2) is 42.5 Å². The van der Waals surface area contributed by atoms with Gasteiger partial charge in [-0.05, 0) is 61.5 Å². The van der Waals surface area contributed by atoms with Crippen LogP contribution in [0.2, 0.25) is 5.02 Å². The molecule has 0 atom stereocenters. The number of nitrogens with zero attached hydrogens (tertiary/aromatic N) is 2. The summed E-state index contributed by atoms with van der Waals surface area (Å²) in [4.78, 5) is 0. The van der Waals surface area contributed by atoms with Crippen molar-refractivity contribution in [3.05, 3.63) is 63.4 Å². The first-order valence-corrected chi connectivity index (χ1v) is 7.36. The zero-order valence-corrected chi connectivity index (χ0v) is 13.3. The van der Waals surface area contributed by atoms with Crippen LogP contribution in [0.4, 0.5) is 0 Å². The largest absolute Gasteiger partial charge is 0.268 e. The quantitative estimate of drug-likeness (QED) is 0.685. The molecule has 0 fully saturated rings. The fourth-order valence-electron chi connectivity index (χ4n) is 2.44. The summed E-state index contributed by atoms with van der Waals surface area (Å²) >= 11 is 11.7. The smallest absolute Gasteiger partial charge is 0.200 e. The summed E-state index contributed by atoms with van der Waals surface area (Å²) in [5.74, 6) is 0.718. The highest BCUT2D eigenvalue weighted by Gasteiger charge is 2.13. The molecule has 21 heavy (non-hydrogen) atoms. The Bertz CT molecular complexity index is 844. The second-order valence-corrected chi connectivity index (χ2v) is 5.81. The van der Waals surface area contributed by atoms with E-state index in [1.165, 1.54) is 11.1 Å². The van der Waals surface area contributed by atoms with E-state index in [0.717, 1.165) is 17.1 Å². The number of halogens is 1. The van der Waals surface area contributed by atoms with Gasteiger partial charge in [-0.1, -0.05) is 29.8 Å². The summed E-state index contributed by atoms with van der Waals surface area (Å²) in [6.07, 6.45) is 0. The summed E-state index contributed by atoms with van der Waals surface area (Å²) in [6, 6.07) is 13.9. The molecule has 5 heteroatoms. The average Bonchev–Trinajstić information content (AvgIpc) is 2.80. The van der Waals surface area contributed by atoms with Gasteiger partial charge in [-0.2, -0.15) is 5.10 Å². The van der Waals surface area contributed by atoms with Gasteiger partial charge in [0.15, 0.2) is 10.6 Å². The van der Waals surface area contributed by atoms with Crippen molar-refractivity contribution in [3.8, 4) is 17.1 Å². The van der Waals surface area contributed by atoms with Crippen molar-refractivity contribution in [1.29, 1.82) is 0 Å². The van der Waals surface area contributed by atoms with Crippen LogP contribution in [0.25, 0.3) is 17.1 Å². The number of nitrogens with one attached hydrogen (secondary N) is 1. The molecule has 2 aromatic carbocycles. The molecule has 0 saturated heterocycles. The fourth-order valence-corrected chi connectivity index (χ4v) is 2.90. The van der Waals surface area contributed by atoms with E-state index >= 15 is 0 Å². The molecule has 0 radical (unpaired) electrons.